The van der Waals surface area contributed by atoms with Crippen LogP contribution in [0.5, 0.6) is 5.75 Å². The molecule has 2 fully saturated rings. The SMILES string of the molecule is Cc1ccc(F)cc1OC1CCOC2(CCOCC2)C1. The Morgan fingerprint density at radius 3 is 2.85 bits per heavy atom. The molecular formula is C16H21FO3. The number of hydrogen-bond acceptors (Lipinski definition) is 3. The second-order valence-electron chi connectivity index (χ2n) is 5.79. The van der Waals surface area contributed by atoms with Crippen LogP contribution >= 0.6 is 0 Å². The zero-order valence-electron chi connectivity index (χ0n) is 11.9. The molecule has 1 aromatic carbocycles. The molecule has 2 aliphatic rings. The van der Waals surface area contributed by atoms with Gasteiger partial charge in [-0.1, -0.05) is 6.07 Å². The normalized spacial score (nSPS) is 25.6. The fourth-order valence-corrected chi connectivity index (χ4v) is 3.06. The third kappa shape index (κ3) is 2.96. The molecule has 3 rings (SSSR count). The summed E-state index contributed by atoms with van der Waals surface area (Å²) in [5, 5.41) is 0. The monoisotopic (exact) mass is 280 g/mol. The highest BCUT2D eigenvalue weighted by Gasteiger charge is 2.39. The summed E-state index contributed by atoms with van der Waals surface area (Å²) >= 11 is 0. The lowest BCUT2D eigenvalue weighted by Gasteiger charge is -2.43. The first-order chi connectivity index (χ1) is 9.67. The third-order valence-electron chi connectivity index (χ3n) is 4.30. The molecule has 110 valence electrons. The largest absolute Gasteiger partial charge is 0.490 e. The molecule has 0 saturated carbocycles. The number of aryl methyl sites for hydroxylation is 1. The Bertz CT molecular complexity index is 463. The Balaban J connectivity index is 1.69. The minimum Gasteiger partial charge on any atom is -0.490 e. The molecule has 2 aliphatic heterocycles. The highest BCUT2D eigenvalue weighted by Crippen LogP contribution is 2.36. The Hall–Kier alpha value is -1.13. The molecular weight excluding hydrogens is 259 g/mol. The van der Waals surface area contributed by atoms with Crippen LogP contribution < -0.4 is 4.74 Å². The molecule has 2 saturated heterocycles. The highest BCUT2D eigenvalue weighted by atomic mass is 19.1. The van der Waals surface area contributed by atoms with Gasteiger partial charge in [0, 0.05) is 32.1 Å². The van der Waals surface area contributed by atoms with Gasteiger partial charge < -0.3 is 14.2 Å². The number of rotatable bonds is 2. The average molecular weight is 280 g/mol. The summed E-state index contributed by atoms with van der Waals surface area (Å²) in [6.45, 7) is 4.16. The van der Waals surface area contributed by atoms with Crippen molar-refractivity contribution in [3.8, 4) is 5.75 Å². The summed E-state index contributed by atoms with van der Waals surface area (Å²) in [5.41, 5.74) is 0.876. The van der Waals surface area contributed by atoms with Crippen molar-refractivity contribution in [1.29, 1.82) is 0 Å². The summed E-state index contributed by atoms with van der Waals surface area (Å²) in [5.74, 6) is 0.401. The van der Waals surface area contributed by atoms with Crippen LogP contribution in [0.1, 0.15) is 31.2 Å². The van der Waals surface area contributed by atoms with Crippen LogP contribution in [0.3, 0.4) is 0 Å². The van der Waals surface area contributed by atoms with Crippen molar-refractivity contribution in [3.63, 3.8) is 0 Å². The number of benzene rings is 1. The standard InChI is InChI=1S/C16H21FO3/c1-12-2-3-13(17)10-15(12)20-14-4-7-19-16(11-14)5-8-18-9-6-16/h2-3,10,14H,4-9,11H2,1H3. The van der Waals surface area contributed by atoms with Gasteiger partial charge in [-0.25, -0.2) is 4.39 Å². The molecule has 1 unspecified atom stereocenters. The minimum absolute atomic E-state index is 0.0948. The van der Waals surface area contributed by atoms with Crippen molar-refractivity contribution in [3.05, 3.63) is 29.6 Å². The molecule has 0 aromatic heterocycles. The van der Waals surface area contributed by atoms with E-state index in [0.29, 0.717) is 12.4 Å². The molecule has 0 amide bonds. The van der Waals surface area contributed by atoms with E-state index in [4.69, 9.17) is 14.2 Å². The molecule has 1 aromatic rings. The third-order valence-corrected chi connectivity index (χ3v) is 4.30. The van der Waals surface area contributed by atoms with Crippen molar-refractivity contribution >= 4 is 0 Å². The van der Waals surface area contributed by atoms with Gasteiger partial charge >= 0.3 is 0 Å². The van der Waals surface area contributed by atoms with E-state index in [-0.39, 0.29) is 17.5 Å². The minimum atomic E-state index is -0.251. The second kappa shape index (κ2) is 5.70. The smallest absolute Gasteiger partial charge is 0.126 e. The summed E-state index contributed by atoms with van der Waals surface area (Å²) < 4.78 is 30.8. The zero-order chi connectivity index (χ0) is 14.0. The molecule has 1 atom stereocenters. The van der Waals surface area contributed by atoms with Crippen molar-refractivity contribution in [2.24, 2.45) is 0 Å². The lowest BCUT2D eigenvalue weighted by Crippen LogP contribution is -2.47. The van der Waals surface area contributed by atoms with Gasteiger partial charge in [0.25, 0.3) is 0 Å². The Morgan fingerprint density at radius 1 is 1.25 bits per heavy atom. The maximum atomic E-state index is 13.3. The first kappa shape index (κ1) is 13.8. The number of hydrogen-bond donors (Lipinski definition) is 0. The summed E-state index contributed by atoms with van der Waals surface area (Å²) in [4.78, 5) is 0. The maximum Gasteiger partial charge on any atom is 0.126 e. The topological polar surface area (TPSA) is 27.7 Å². The zero-order valence-corrected chi connectivity index (χ0v) is 11.9. The predicted octanol–water partition coefficient (Wildman–Crippen LogP) is 3.24. The van der Waals surface area contributed by atoms with Gasteiger partial charge in [0.05, 0.1) is 12.2 Å². The lowest BCUT2D eigenvalue weighted by molar-refractivity contribution is -0.155. The van der Waals surface area contributed by atoms with E-state index in [1.54, 1.807) is 6.07 Å². The molecule has 0 bridgehead atoms. The first-order valence-corrected chi connectivity index (χ1v) is 7.31. The molecule has 20 heavy (non-hydrogen) atoms. The van der Waals surface area contributed by atoms with Crippen LogP contribution in [0.25, 0.3) is 0 Å². The molecule has 3 nitrogen and oxygen atoms in total. The van der Waals surface area contributed by atoms with Gasteiger partial charge in [-0.3, -0.25) is 0 Å². The summed E-state index contributed by atoms with van der Waals surface area (Å²) in [6, 6.07) is 4.70. The predicted molar refractivity (Wildman–Crippen MR) is 73.5 cm³/mol. The average Bonchev–Trinajstić information content (AvgIpc) is 2.44. The van der Waals surface area contributed by atoms with E-state index in [2.05, 4.69) is 0 Å². The fraction of sp³-hybridized carbons (Fsp3) is 0.625. The first-order valence-electron chi connectivity index (χ1n) is 7.31. The van der Waals surface area contributed by atoms with Crippen molar-refractivity contribution < 1.29 is 18.6 Å². The van der Waals surface area contributed by atoms with Crippen molar-refractivity contribution in [2.75, 3.05) is 19.8 Å². The van der Waals surface area contributed by atoms with Crippen LogP contribution in [0, 0.1) is 12.7 Å². The van der Waals surface area contributed by atoms with Crippen LogP contribution in [-0.4, -0.2) is 31.5 Å². The van der Waals surface area contributed by atoms with E-state index in [1.807, 2.05) is 6.92 Å². The molecule has 2 heterocycles. The second-order valence-corrected chi connectivity index (χ2v) is 5.79. The van der Waals surface area contributed by atoms with Gasteiger partial charge in [-0.2, -0.15) is 0 Å². The van der Waals surface area contributed by atoms with E-state index in [0.717, 1.165) is 44.5 Å². The van der Waals surface area contributed by atoms with Crippen molar-refractivity contribution in [2.45, 2.75) is 44.3 Å². The Labute approximate surface area is 119 Å². The van der Waals surface area contributed by atoms with E-state index in [1.165, 1.54) is 12.1 Å². The quantitative estimate of drug-likeness (QED) is 0.832. The van der Waals surface area contributed by atoms with Crippen LogP contribution in [0.2, 0.25) is 0 Å². The van der Waals surface area contributed by atoms with Gasteiger partial charge in [0.1, 0.15) is 17.7 Å². The summed E-state index contributed by atoms with van der Waals surface area (Å²) in [6.07, 6.45) is 3.68. The van der Waals surface area contributed by atoms with Crippen molar-refractivity contribution in [1.82, 2.24) is 0 Å². The van der Waals surface area contributed by atoms with Crippen LogP contribution in [0.15, 0.2) is 18.2 Å². The Kier molecular flexibility index (Phi) is 3.94. The molecule has 0 N–H and O–H groups in total. The van der Waals surface area contributed by atoms with E-state index >= 15 is 0 Å². The fourth-order valence-electron chi connectivity index (χ4n) is 3.06. The number of halogens is 1. The molecule has 1 spiro atoms. The van der Waals surface area contributed by atoms with Gasteiger partial charge in [-0.15, -0.1) is 0 Å². The molecule has 0 radical (unpaired) electrons. The molecule has 4 heteroatoms. The van der Waals surface area contributed by atoms with E-state index < -0.39 is 0 Å². The van der Waals surface area contributed by atoms with Crippen LogP contribution in [0.4, 0.5) is 4.39 Å². The Morgan fingerprint density at radius 2 is 2.05 bits per heavy atom. The number of ether oxygens (including phenoxy) is 3. The summed E-state index contributed by atoms with van der Waals surface area (Å²) in [7, 11) is 0. The van der Waals surface area contributed by atoms with Gasteiger partial charge in [0.2, 0.25) is 0 Å². The van der Waals surface area contributed by atoms with Gasteiger partial charge in [0.15, 0.2) is 0 Å². The maximum absolute atomic E-state index is 13.3. The lowest BCUT2D eigenvalue weighted by atomic mass is 9.85. The van der Waals surface area contributed by atoms with Gasteiger partial charge in [-0.05, 0) is 31.4 Å². The van der Waals surface area contributed by atoms with Crippen LogP contribution in [-0.2, 0) is 9.47 Å². The van der Waals surface area contributed by atoms with E-state index in [9.17, 15) is 4.39 Å². The molecule has 0 aliphatic carbocycles. The highest BCUT2D eigenvalue weighted by molar-refractivity contribution is 5.32.